The number of halogens is 2. The molecule has 3 aromatic rings. The third-order valence-corrected chi connectivity index (χ3v) is 4.63. The zero-order chi connectivity index (χ0) is 18.1. The van der Waals surface area contributed by atoms with Crippen LogP contribution in [-0.4, -0.2) is 20.9 Å². The Morgan fingerprint density at radius 2 is 2.04 bits per heavy atom. The van der Waals surface area contributed by atoms with E-state index in [1.54, 1.807) is 23.1 Å². The molecule has 0 spiro atoms. The van der Waals surface area contributed by atoms with Gasteiger partial charge in [0.05, 0.1) is 0 Å². The van der Waals surface area contributed by atoms with Crippen LogP contribution in [0.15, 0.2) is 53.1 Å². The molecule has 2 heterocycles. The van der Waals surface area contributed by atoms with Crippen LogP contribution >= 0.6 is 11.6 Å². The molecule has 1 aliphatic rings. The van der Waals surface area contributed by atoms with Gasteiger partial charge in [-0.2, -0.15) is 4.98 Å². The number of hydrogen-bond donors (Lipinski definition) is 0. The van der Waals surface area contributed by atoms with Gasteiger partial charge in [0.2, 0.25) is 17.6 Å². The summed E-state index contributed by atoms with van der Waals surface area (Å²) in [6.45, 7) is 0.429. The van der Waals surface area contributed by atoms with Crippen LogP contribution in [0.4, 0.5) is 4.39 Å². The molecule has 7 heteroatoms. The average molecular weight is 372 g/mol. The summed E-state index contributed by atoms with van der Waals surface area (Å²) in [6.07, 6.45) is 1.05. The van der Waals surface area contributed by atoms with Gasteiger partial charge in [0.15, 0.2) is 0 Å². The molecule has 1 atom stereocenters. The van der Waals surface area contributed by atoms with Gasteiger partial charge >= 0.3 is 0 Å². The van der Waals surface area contributed by atoms with Gasteiger partial charge < -0.3 is 9.42 Å². The molecule has 0 aliphatic carbocycles. The van der Waals surface area contributed by atoms with Crippen molar-refractivity contribution in [1.82, 2.24) is 15.0 Å². The fraction of sp³-hybridized carbons (Fsp3) is 0.211. The van der Waals surface area contributed by atoms with Crippen LogP contribution < -0.4 is 0 Å². The second-order valence-electron chi connectivity index (χ2n) is 6.17. The molecule has 1 unspecified atom stereocenters. The van der Waals surface area contributed by atoms with Gasteiger partial charge in [-0.1, -0.05) is 28.9 Å². The zero-order valence-corrected chi connectivity index (χ0v) is 14.5. The van der Waals surface area contributed by atoms with Gasteiger partial charge in [-0.15, -0.1) is 0 Å². The average Bonchev–Trinajstić information content (AvgIpc) is 3.24. The number of aromatic nitrogens is 2. The van der Waals surface area contributed by atoms with Crippen molar-refractivity contribution in [3.8, 4) is 11.4 Å². The first kappa shape index (κ1) is 16.7. The van der Waals surface area contributed by atoms with Crippen molar-refractivity contribution >= 4 is 17.5 Å². The molecular formula is C19H15ClFN3O2. The Labute approximate surface area is 154 Å². The second-order valence-corrected chi connectivity index (χ2v) is 6.61. The van der Waals surface area contributed by atoms with Crippen LogP contribution in [-0.2, 0) is 11.3 Å². The number of carbonyl (C=O) groups excluding carboxylic acids is 1. The summed E-state index contributed by atoms with van der Waals surface area (Å²) in [4.78, 5) is 18.5. The van der Waals surface area contributed by atoms with E-state index in [4.69, 9.17) is 16.1 Å². The van der Waals surface area contributed by atoms with Gasteiger partial charge in [0.25, 0.3) is 0 Å². The Bertz CT molecular complexity index is 942. The molecular weight excluding hydrogens is 357 g/mol. The van der Waals surface area contributed by atoms with Crippen LogP contribution in [0.1, 0.15) is 30.3 Å². The molecule has 26 heavy (non-hydrogen) atoms. The molecule has 1 saturated heterocycles. The van der Waals surface area contributed by atoms with Crippen molar-refractivity contribution < 1.29 is 13.7 Å². The number of rotatable bonds is 4. The monoisotopic (exact) mass is 371 g/mol. The van der Waals surface area contributed by atoms with E-state index in [0.29, 0.717) is 41.7 Å². The van der Waals surface area contributed by atoms with Crippen LogP contribution in [0.25, 0.3) is 11.4 Å². The maximum atomic E-state index is 13.1. The zero-order valence-electron chi connectivity index (χ0n) is 13.7. The molecule has 4 rings (SSSR count). The highest BCUT2D eigenvalue weighted by Crippen LogP contribution is 2.34. The Balaban J connectivity index is 1.58. The summed E-state index contributed by atoms with van der Waals surface area (Å²) in [6, 6.07) is 13.0. The van der Waals surface area contributed by atoms with Gasteiger partial charge in [0, 0.05) is 23.6 Å². The van der Waals surface area contributed by atoms with E-state index in [0.717, 1.165) is 5.56 Å². The predicted octanol–water partition coefficient (Wildman–Crippen LogP) is 4.39. The Hall–Kier alpha value is -2.73. The maximum absolute atomic E-state index is 13.1. The molecule has 1 amide bonds. The first-order valence-corrected chi connectivity index (χ1v) is 8.61. The molecule has 0 saturated carbocycles. The van der Waals surface area contributed by atoms with Crippen molar-refractivity contribution in [3.05, 3.63) is 70.8 Å². The number of carbonyl (C=O) groups is 1. The van der Waals surface area contributed by atoms with E-state index in [2.05, 4.69) is 10.1 Å². The topological polar surface area (TPSA) is 59.2 Å². The van der Waals surface area contributed by atoms with E-state index in [1.807, 2.05) is 18.2 Å². The number of hydrogen-bond acceptors (Lipinski definition) is 4. The van der Waals surface area contributed by atoms with Crippen LogP contribution in [0, 0.1) is 5.82 Å². The Morgan fingerprint density at radius 1 is 1.23 bits per heavy atom. The lowest BCUT2D eigenvalue weighted by molar-refractivity contribution is -0.129. The largest absolute Gasteiger partial charge is 0.337 e. The summed E-state index contributed by atoms with van der Waals surface area (Å²) in [5.41, 5.74) is 1.60. The summed E-state index contributed by atoms with van der Waals surface area (Å²) in [7, 11) is 0. The lowest BCUT2D eigenvalue weighted by atomic mass is 10.1. The highest BCUT2D eigenvalue weighted by molar-refractivity contribution is 6.30. The summed E-state index contributed by atoms with van der Waals surface area (Å²) >= 11 is 6.03. The predicted molar refractivity (Wildman–Crippen MR) is 93.7 cm³/mol. The standard InChI is InChI=1S/C19H15ClFN3O2/c20-14-3-1-2-12(10-14)11-24-16(8-9-17(24)25)19-22-18(23-26-19)13-4-6-15(21)7-5-13/h1-7,10,16H,8-9,11H2. The van der Waals surface area contributed by atoms with Crippen LogP contribution in [0.3, 0.4) is 0 Å². The van der Waals surface area contributed by atoms with E-state index in [9.17, 15) is 9.18 Å². The lowest BCUT2D eigenvalue weighted by Gasteiger charge is -2.22. The van der Waals surface area contributed by atoms with Gasteiger partial charge in [0.1, 0.15) is 11.9 Å². The second kappa shape index (κ2) is 6.88. The summed E-state index contributed by atoms with van der Waals surface area (Å²) in [5, 5.41) is 4.60. The number of benzene rings is 2. The van der Waals surface area contributed by atoms with E-state index < -0.39 is 0 Å². The lowest BCUT2D eigenvalue weighted by Crippen LogP contribution is -2.27. The first-order chi connectivity index (χ1) is 12.6. The van der Waals surface area contributed by atoms with Crippen molar-refractivity contribution in [2.24, 2.45) is 0 Å². The van der Waals surface area contributed by atoms with E-state index in [-0.39, 0.29) is 17.8 Å². The maximum Gasteiger partial charge on any atom is 0.249 e. The fourth-order valence-corrected chi connectivity index (χ4v) is 3.32. The summed E-state index contributed by atoms with van der Waals surface area (Å²) < 4.78 is 18.5. The Kier molecular flexibility index (Phi) is 4.42. The van der Waals surface area contributed by atoms with Crippen molar-refractivity contribution in [1.29, 1.82) is 0 Å². The molecule has 0 bridgehead atoms. The SMILES string of the molecule is O=C1CCC(c2nc(-c3ccc(F)cc3)no2)N1Cc1cccc(Cl)c1. The molecule has 1 aliphatic heterocycles. The molecule has 0 N–H and O–H groups in total. The van der Waals surface area contributed by atoms with Crippen molar-refractivity contribution in [3.63, 3.8) is 0 Å². The van der Waals surface area contributed by atoms with Crippen molar-refractivity contribution in [2.45, 2.75) is 25.4 Å². The molecule has 5 nitrogen and oxygen atoms in total. The fourth-order valence-electron chi connectivity index (χ4n) is 3.11. The normalized spacial score (nSPS) is 17.1. The highest BCUT2D eigenvalue weighted by Gasteiger charge is 2.36. The minimum absolute atomic E-state index is 0.0384. The van der Waals surface area contributed by atoms with Gasteiger partial charge in [-0.05, 0) is 48.4 Å². The van der Waals surface area contributed by atoms with Crippen LogP contribution in [0.2, 0.25) is 5.02 Å². The van der Waals surface area contributed by atoms with E-state index >= 15 is 0 Å². The van der Waals surface area contributed by atoms with Gasteiger partial charge in [-0.3, -0.25) is 4.79 Å². The number of amides is 1. The minimum atomic E-state index is -0.327. The smallest absolute Gasteiger partial charge is 0.249 e. The van der Waals surface area contributed by atoms with E-state index in [1.165, 1.54) is 12.1 Å². The molecule has 1 aromatic heterocycles. The third kappa shape index (κ3) is 3.32. The molecule has 2 aromatic carbocycles. The quantitative estimate of drug-likeness (QED) is 0.682. The molecule has 1 fully saturated rings. The van der Waals surface area contributed by atoms with Gasteiger partial charge in [-0.25, -0.2) is 4.39 Å². The van der Waals surface area contributed by atoms with Crippen LogP contribution in [0.5, 0.6) is 0 Å². The third-order valence-electron chi connectivity index (χ3n) is 4.40. The highest BCUT2D eigenvalue weighted by atomic mass is 35.5. The number of likely N-dealkylation sites (tertiary alicyclic amines) is 1. The Morgan fingerprint density at radius 3 is 2.81 bits per heavy atom. The number of nitrogens with zero attached hydrogens (tertiary/aromatic N) is 3. The molecule has 0 radical (unpaired) electrons. The minimum Gasteiger partial charge on any atom is -0.337 e. The summed E-state index contributed by atoms with van der Waals surface area (Å²) in [5.74, 6) is 0.474. The van der Waals surface area contributed by atoms with Crippen molar-refractivity contribution in [2.75, 3.05) is 0 Å². The first-order valence-electron chi connectivity index (χ1n) is 8.23. The molecule has 132 valence electrons.